The summed E-state index contributed by atoms with van der Waals surface area (Å²) >= 11 is 1.80. The van der Waals surface area contributed by atoms with E-state index in [0.717, 1.165) is 55.3 Å². The van der Waals surface area contributed by atoms with Crippen molar-refractivity contribution in [2.75, 3.05) is 58.1 Å². The Morgan fingerprint density at radius 3 is 2.29 bits per heavy atom. The summed E-state index contributed by atoms with van der Waals surface area (Å²) in [6.07, 6.45) is 5.77. The maximum atomic E-state index is 13.8. The van der Waals surface area contributed by atoms with E-state index >= 15 is 0 Å². The lowest BCUT2D eigenvalue weighted by atomic mass is 9.93. The van der Waals surface area contributed by atoms with Crippen LogP contribution in [0, 0.1) is 12.7 Å². The van der Waals surface area contributed by atoms with Crippen molar-refractivity contribution < 1.29 is 9.13 Å². The highest BCUT2D eigenvalue weighted by Crippen LogP contribution is 2.45. The van der Waals surface area contributed by atoms with Gasteiger partial charge < -0.3 is 19.1 Å². The summed E-state index contributed by atoms with van der Waals surface area (Å²) in [6, 6.07) is 9.17. The number of ether oxygens (including phenoxy) is 1. The normalized spacial score (nSPS) is 14.0. The van der Waals surface area contributed by atoms with Gasteiger partial charge >= 0.3 is 0 Å². The molecule has 1 aromatic carbocycles. The van der Waals surface area contributed by atoms with Crippen LogP contribution in [-0.2, 0) is 17.5 Å². The Morgan fingerprint density at radius 2 is 1.76 bits per heavy atom. The molecular weight excluding hydrogens is 447 g/mol. The Balaban J connectivity index is 0.000000396. The van der Waals surface area contributed by atoms with Crippen molar-refractivity contribution in [2.24, 2.45) is 7.05 Å². The second-order valence-electron chi connectivity index (χ2n) is 8.64. The quantitative estimate of drug-likeness (QED) is 0.463. The summed E-state index contributed by atoms with van der Waals surface area (Å²) < 4.78 is 21.2. The number of nitrogens with zero attached hydrogens (tertiary/aromatic N) is 4. The monoisotopic (exact) mass is 484 g/mol. The molecule has 0 saturated carbocycles. The van der Waals surface area contributed by atoms with Gasteiger partial charge in [-0.25, -0.2) is 4.39 Å². The zero-order valence-electron chi connectivity index (χ0n) is 21.3. The number of rotatable bonds is 6. The Kier molecular flexibility index (Phi) is 9.56. The van der Waals surface area contributed by atoms with Gasteiger partial charge in [0.1, 0.15) is 11.6 Å². The van der Waals surface area contributed by atoms with Gasteiger partial charge in [-0.3, -0.25) is 4.98 Å². The second-order valence-corrected chi connectivity index (χ2v) is 9.50. The largest absolute Gasteiger partial charge is 0.379 e. The third kappa shape index (κ3) is 6.01. The number of anilines is 1. The molecule has 1 fully saturated rings. The molecule has 2 aromatic heterocycles. The van der Waals surface area contributed by atoms with E-state index in [-0.39, 0.29) is 5.82 Å². The third-order valence-electron chi connectivity index (χ3n) is 6.26. The molecule has 0 aliphatic carbocycles. The first-order valence-corrected chi connectivity index (χ1v) is 13.1. The van der Waals surface area contributed by atoms with Crippen LogP contribution >= 0.6 is 11.8 Å². The van der Waals surface area contributed by atoms with Gasteiger partial charge in [0.15, 0.2) is 0 Å². The molecule has 34 heavy (non-hydrogen) atoms. The minimum atomic E-state index is -0.199. The molecule has 0 amide bonds. The highest BCUT2D eigenvalue weighted by molar-refractivity contribution is 7.97. The number of pyridine rings is 1. The van der Waals surface area contributed by atoms with Gasteiger partial charge in [-0.1, -0.05) is 6.07 Å². The SMILES string of the molecule is CCN(C)c1c(-c2ccncc2)c(-c2ccc(F)cc2C)c(CSC)n1C.CN1CCOCC1. The molecule has 0 N–H and O–H groups in total. The molecule has 7 heteroatoms. The van der Waals surface area contributed by atoms with Crippen molar-refractivity contribution >= 4 is 17.6 Å². The molecule has 1 aliphatic heterocycles. The topological polar surface area (TPSA) is 33.5 Å². The average molecular weight is 485 g/mol. The van der Waals surface area contributed by atoms with Crippen LogP contribution in [0.3, 0.4) is 0 Å². The zero-order chi connectivity index (χ0) is 24.7. The maximum Gasteiger partial charge on any atom is 0.123 e. The standard InChI is InChI=1S/C22H26FN3S.C5H11NO/c1-6-25(3)22-20(16-9-11-24-12-10-16)21(19(14-27-5)26(22)4)18-8-7-17(23)13-15(18)2;1-6-2-4-7-5-3-6/h7-13H,6,14H2,1-5H3;2-5H2,1H3. The van der Waals surface area contributed by atoms with Crippen LogP contribution in [0.15, 0.2) is 42.7 Å². The van der Waals surface area contributed by atoms with Crippen molar-refractivity contribution in [3.05, 3.63) is 59.8 Å². The Hall–Kier alpha value is -2.35. The molecule has 0 bridgehead atoms. The maximum absolute atomic E-state index is 13.8. The number of hydrogen-bond donors (Lipinski definition) is 0. The average Bonchev–Trinajstić information content (AvgIpc) is 3.12. The van der Waals surface area contributed by atoms with Crippen LogP contribution in [0.2, 0.25) is 0 Å². The summed E-state index contributed by atoms with van der Waals surface area (Å²) in [5, 5.41) is 0. The van der Waals surface area contributed by atoms with Crippen molar-refractivity contribution in [3.8, 4) is 22.3 Å². The second kappa shape index (κ2) is 12.4. The fraction of sp³-hybridized carbons (Fsp3) is 0.444. The molecule has 5 nitrogen and oxygen atoms in total. The van der Waals surface area contributed by atoms with E-state index in [1.54, 1.807) is 23.9 Å². The molecule has 0 radical (unpaired) electrons. The molecule has 4 rings (SSSR count). The molecule has 1 saturated heterocycles. The van der Waals surface area contributed by atoms with Gasteiger partial charge in [-0.05, 0) is 68.1 Å². The number of thioether (sulfide) groups is 1. The molecule has 3 heterocycles. The molecular formula is C27H37FN4OS. The number of aromatic nitrogens is 2. The molecule has 184 valence electrons. The molecule has 0 unspecified atom stereocenters. The number of morpholine rings is 1. The van der Waals surface area contributed by atoms with E-state index in [0.29, 0.717) is 0 Å². The fourth-order valence-electron chi connectivity index (χ4n) is 4.27. The predicted molar refractivity (Wildman–Crippen MR) is 143 cm³/mol. The summed E-state index contributed by atoms with van der Waals surface area (Å²) in [5.41, 5.74) is 6.78. The summed E-state index contributed by atoms with van der Waals surface area (Å²) in [4.78, 5) is 8.72. The van der Waals surface area contributed by atoms with E-state index < -0.39 is 0 Å². The predicted octanol–water partition coefficient (Wildman–Crippen LogP) is 5.47. The van der Waals surface area contributed by atoms with Crippen LogP contribution in [-0.4, -0.2) is 67.7 Å². The fourth-order valence-corrected chi connectivity index (χ4v) is 4.88. The smallest absolute Gasteiger partial charge is 0.123 e. The van der Waals surface area contributed by atoms with E-state index in [9.17, 15) is 4.39 Å². The van der Waals surface area contributed by atoms with Gasteiger partial charge in [-0.2, -0.15) is 11.8 Å². The number of aryl methyl sites for hydroxylation is 1. The third-order valence-corrected chi connectivity index (χ3v) is 6.83. The van der Waals surface area contributed by atoms with Crippen molar-refractivity contribution in [1.82, 2.24) is 14.5 Å². The number of hydrogen-bond acceptors (Lipinski definition) is 5. The summed E-state index contributed by atoms with van der Waals surface area (Å²) in [5.74, 6) is 1.86. The van der Waals surface area contributed by atoms with Crippen molar-refractivity contribution in [2.45, 2.75) is 19.6 Å². The van der Waals surface area contributed by atoms with Crippen molar-refractivity contribution in [3.63, 3.8) is 0 Å². The van der Waals surface area contributed by atoms with Crippen LogP contribution < -0.4 is 4.90 Å². The summed E-state index contributed by atoms with van der Waals surface area (Å²) in [7, 11) is 6.35. The van der Waals surface area contributed by atoms with Gasteiger partial charge in [0.05, 0.1) is 13.2 Å². The van der Waals surface area contributed by atoms with E-state index in [4.69, 9.17) is 4.74 Å². The Labute approximate surface area is 207 Å². The number of halogens is 1. The van der Waals surface area contributed by atoms with E-state index in [1.807, 2.05) is 37.5 Å². The molecule has 1 aliphatic rings. The first-order valence-electron chi connectivity index (χ1n) is 11.7. The minimum Gasteiger partial charge on any atom is -0.379 e. The van der Waals surface area contributed by atoms with Gasteiger partial charge in [0, 0.05) is 68.7 Å². The lowest BCUT2D eigenvalue weighted by Gasteiger charge is -2.21. The molecule has 3 aromatic rings. The minimum absolute atomic E-state index is 0.199. The van der Waals surface area contributed by atoms with Gasteiger partial charge in [0.2, 0.25) is 0 Å². The number of likely N-dealkylation sites (N-methyl/N-ethyl adjacent to an activating group) is 1. The molecule has 0 spiro atoms. The summed E-state index contributed by atoms with van der Waals surface area (Å²) in [6.45, 7) is 9.05. The van der Waals surface area contributed by atoms with E-state index in [2.05, 4.69) is 53.7 Å². The van der Waals surface area contributed by atoms with Crippen LogP contribution in [0.4, 0.5) is 10.2 Å². The van der Waals surface area contributed by atoms with E-state index in [1.165, 1.54) is 22.6 Å². The zero-order valence-corrected chi connectivity index (χ0v) is 22.1. The first kappa shape index (κ1) is 26.3. The van der Waals surface area contributed by atoms with Gasteiger partial charge in [-0.15, -0.1) is 0 Å². The lowest BCUT2D eigenvalue weighted by molar-refractivity contribution is 0.0503. The highest BCUT2D eigenvalue weighted by Gasteiger charge is 2.25. The highest BCUT2D eigenvalue weighted by atomic mass is 32.2. The Bertz CT molecular complexity index is 1060. The Morgan fingerprint density at radius 1 is 1.09 bits per heavy atom. The van der Waals surface area contributed by atoms with Crippen LogP contribution in [0.25, 0.3) is 22.3 Å². The van der Waals surface area contributed by atoms with Gasteiger partial charge in [0.25, 0.3) is 0 Å². The van der Waals surface area contributed by atoms with Crippen molar-refractivity contribution in [1.29, 1.82) is 0 Å². The first-order chi connectivity index (χ1) is 16.4. The molecule has 0 atom stereocenters. The number of benzene rings is 1. The lowest BCUT2D eigenvalue weighted by Crippen LogP contribution is -2.32. The van der Waals surface area contributed by atoms with Crippen LogP contribution in [0.5, 0.6) is 0 Å². The van der Waals surface area contributed by atoms with Crippen LogP contribution in [0.1, 0.15) is 18.2 Å².